The second-order valence-corrected chi connectivity index (χ2v) is 5.11. The molecule has 0 aliphatic heterocycles. The molecule has 3 heteroatoms. The number of hydrogen-bond donors (Lipinski definition) is 0. The van der Waals surface area contributed by atoms with E-state index in [1.54, 1.807) is 0 Å². The molecule has 0 saturated heterocycles. The fourth-order valence-corrected chi connectivity index (χ4v) is 2.51. The summed E-state index contributed by atoms with van der Waals surface area (Å²) in [6.07, 6.45) is 2.47. The minimum absolute atomic E-state index is 0.129. The zero-order chi connectivity index (χ0) is 12.8. The van der Waals surface area contributed by atoms with Crippen LogP contribution in [0.15, 0.2) is 0 Å². The number of carbonyl (C=O) groups excluding carboxylic acids is 1. The normalized spacial score (nSPS) is 29.6. The molecule has 1 aliphatic rings. The molecule has 0 aromatic rings. The van der Waals surface area contributed by atoms with E-state index in [2.05, 4.69) is 13.8 Å². The zero-order valence-corrected chi connectivity index (χ0v) is 11.6. The van der Waals surface area contributed by atoms with Crippen LogP contribution >= 0.6 is 0 Å². The molecule has 0 aromatic heterocycles. The Labute approximate surface area is 105 Å². The van der Waals surface area contributed by atoms with Gasteiger partial charge < -0.3 is 9.47 Å². The van der Waals surface area contributed by atoms with Gasteiger partial charge in [0.1, 0.15) is 0 Å². The van der Waals surface area contributed by atoms with Crippen LogP contribution in [0.4, 0.5) is 0 Å². The minimum Gasteiger partial charge on any atom is -0.346 e. The van der Waals surface area contributed by atoms with E-state index in [9.17, 15) is 4.79 Å². The Kier molecular flexibility index (Phi) is 6.14. The number of ketones is 1. The summed E-state index contributed by atoms with van der Waals surface area (Å²) < 4.78 is 10.8. The summed E-state index contributed by atoms with van der Waals surface area (Å²) in [4.78, 5) is 12.3. The fourth-order valence-electron chi connectivity index (χ4n) is 2.51. The summed E-state index contributed by atoms with van der Waals surface area (Å²) in [6.45, 7) is 9.34. The van der Waals surface area contributed by atoms with Crippen molar-refractivity contribution in [2.75, 3.05) is 13.2 Å². The lowest BCUT2D eigenvalue weighted by molar-refractivity contribution is -0.173. The summed E-state index contributed by atoms with van der Waals surface area (Å²) >= 11 is 0. The lowest BCUT2D eigenvalue weighted by Gasteiger charge is -2.32. The molecule has 0 bridgehead atoms. The van der Waals surface area contributed by atoms with E-state index in [-0.39, 0.29) is 11.7 Å². The van der Waals surface area contributed by atoms with Gasteiger partial charge in [-0.05, 0) is 44.9 Å². The summed E-state index contributed by atoms with van der Waals surface area (Å²) in [5.41, 5.74) is 0. The van der Waals surface area contributed by atoms with Gasteiger partial charge in [-0.25, -0.2) is 0 Å². The molecular weight excluding hydrogens is 216 g/mol. The highest BCUT2D eigenvalue weighted by atomic mass is 16.7. The molecule has 1 aliphatic carbocycles. The van der Waals surface area contributed by atoms with E-state index < -0.39 is 6.29 Å². The summed E-state index contributed by atoms with van der Waals surface area (Å²) in [6, 6.07) is 0. The van der Waals surface area contributed by atoms with Crippen molar-refractivity contribution in [1.29, 1.82) is 0 Å². The smallest absolute Gasteiger partial charge is 0.218 e. The van der Waals surface area contributed by atoms with E-state index in [0.717, 1.165) is 25.2 Å². The number of carbonyl (C=O) groups is 1. The average molecular weight is 242 g/mol. The molecule has 0 radical (unpaired) electrons. The average Bonchev–Trinajstić information content (AvgIpc) is 2.31. The van der Waals surface area contributed by atoms with E-state index in [0.29, 0.717) is 19.1 Å². The number of Topliss-reactive ketones (excluding diaryl/α,β-unsaturated/α-hetero) is 1. The maximum atomic E-state index is 12.3. The van der Waals surface area contributed by atoms with Crippen molar-refractivity contribution in [3.8, 4) is 0 Å². The zero-order valence-electron chi connectivity index (χ0n) is 11.6. The molecule has 1 saturated carbocycles. The van der Waals surface area contributed by atoms with Crippen molar-refractivity contribution in [2.45, 2.75) is 53.2 Å². The van der Waals surface area contributed by atoms with E-state index in [4.69, 9.17) is 9.47 Å². The van der Waals surface area contributed by atoms with Crippen LogP contribution in [0.5, 0.6) is 0 Å². The molecule has 0 N–H and O–H groups in total. The Hall–Kier alpha value is -0.410. The predicted octanol–water partition coefficient (Wildman–Crippen LogP) is 3.03. The molecule has 17 heavy (non-hydrogen) atoms. The predicted molar refractivity (Wildman–Crippen MR) is 67.7 cm³/mol. The van der Waals surface area contributed by atoms with Gasteiger partial charge in [0.05, 0.1) is 0 Å². The van der Waals surface area contributed by atoms with Gasteiger partial charge in [-0.3, -0.25) is 4.79 Å². The van der Waals surface area contributed by atoms with Crippen LogP contribution in [-0.4, -0.2) is 25.3 Å². The maximum Gasteiger partial charge on any atom is 0.218 e. The van der Waals surface area contributed by atoms with Gasteiger partial charge in [0.2, 0.25) is 6.29 Å². The standard InChI is InChI=1S/C14H26O3/c1-5-16-14(17-6-2)13(15)12-8-7-10(3)11(4)9-12/h10-12,14H,5-9H2,1-4H3. The van der Waals surface area contributed by atoms with E-state index in [1.807, 2.05) is 13.8 Å². The number of ether oxygens (including phenoxy) is 2. The van der Waals surface area contributed by atoms with E-state index in [1.165, 1.54) is 0 Å². The molecule has 3 unspecified atom stereocenters. The molecule has 0 spiro atoms. The van der Waals surface area contributed by atoms with Gasteiger partial charge in [-0.15, -0.1) is 0 Å². The first-order chi connectivity index (χ1) is 8.10. The van der Waals surface area contributed by atoms with Gasteiger partial charge in [0, 0.05) is 19.1 Å². The van der Waals surface area contributed by atoms with Crippen molar-refractivity contribution in [3.63, 3.8) is 0 Å². The Morgan fingerprint density at radius 2 is 1.71 bits per heavy atom. The molecule has 0 heterocycles. The lowest BCUT2D eigenvalue weighted by atomic mass is 9.74. The molecule has 3 nitrogen and oxygen atoms in total. The van der Waals surface area contributed by atoms with Crippen LogP contribution in [-0.2, 0) is 14.3 Å². The van der Waals surface area contributed by atoms with Crippen LogP contribution in [0.3, 0.4) is 0 Å². The van der Waals surface area contributed by atoms with Crippen molar-refractivity contribution in [1.82, 2.24) is 0 Å². The Bertz CT molecular complexity index is 234. The van der Waals surface area contributed by atoms with Crippen LogP contribution in [0.25, 0.3) is 0 Å². The van der Waals surface area contributed by atoms with Gasteiger partial charge in [0.25, 0.3) is 0 Å². The van der Waals surface area contributed by atoms with Crippen molar-refractivity contribution in [2.24, 2.45) is 17.8 Å². The SMILES string of the molecule is CCOC(OCC)C(=O)C1CCC(C)C(C)C1. The van der Waals surface area contributed by atoms with Gasteiger partial charge in [-0.2, -0.15) is 0 Å². The van der Waals surface area contributed by atoms with Gasteiger partial charge >= 0.3 is 0 Å². The fraction of sp³-hybridized carbons (Fsp3) is 0.929. The quantitative estimate of drug-likeness (QED) is 0.672. The van der Waals surface area contributed by atoms with Crippen LogP contribution in [0.1, 0.15) is 47.0 Å². The third-order valence-corrected chi connectivity index (χ3v) is 3.87. The molecule has 0 amide bonds. The van der Waals surface area contributed by atoms with Gasteiger partial charge in [-0.1, -0.05) is 13.8 Å². The summed E-state index contributed by atoms with van der Waals surface area (Å²) in [5, 5.41) is 0. The van der Waals surface area contributed by atoms with Crippen LogP contribution < -0.4 is 0 Å². The highest BCUT2D eigenvalue weighted by Gasteiger charge is 2.33. The van der Waals surface area contributed by atoms with Crippen molar-refractivity contribution < 1.29 is 14.3 Å². The van der Waals surface area contributed by atoms with Crippen molar-refractivity contribution in [3.05, 3.63) is 0 Å². The van der Waals surface area contributed by atoms with Gasteiger partial charge in [0.15, 0.2) is 5.78 Å². The molecular formula is C14H26O3. The van der Waals surface area contributed by atoms with Crippen LogP contribution in [0.2, 0.25) is 0 Å². The topological polar surface area (TPSA) is 35.5 Å². The first-order valence-electron chi connectivity index (χ1n) is 6.87. The Morgan fingerprint density at radius 3 is 2.18 bits per heavy atom. The highest BCUT2D eigenvalue weighted by Crippen LogP contribution is 2.34. The third-order valence-electron chi connectivity index (χ3n) is 3.87. The first kappa shape index (κ1) is 14.7. The second-order valence-electron chi connectivity index (χ2n) is 5.11. The molecule has 1 rings (SSSR count). The number of hydrogen-bond acceptors (Lipinski definition) is 3. The lowest BCUT2D eigenvalue weighted by Crippen LogP contribution is -2.36. The monoisotopic (exact) mass is 242 g/mol. The number of rotatable bonds is 6. The molecule has 3 atom stereocenters. The Morgan fingerprint density at radius 1 is 1.12 bits per heavy atom. The minimum atomic E-state index is -0.643. The summed E-state index contributed by atoms with van der Waals surface area (Å²) in [5.74, 6) is 1.63. The molecule has 0 aromatic carbocycles. The Balaban J connectivity index is 2.55. The molecule has 100 valence electrons. The van der Waals surface area contributed by atoms with E-state index >= 15 is 0 Å². The largest absolute Gasteiger partial charge is 0.346 e. The van der Waals surface area contributed by atoms with Crippen molar-refractivity contribution >= 4 is 5.78 Å². The maximum absolute atomic E-state index is 12.3. The second kappa shape index (κ2) is 7.12. The first-order valence-corrected chi connectivity index (χ1v) is 6.87. The highest BCUT2D eigenvalue weighted by molar-refractivity contribution is 5.84. The van der Waals surface area contributed by atoms with Crippen LogP contribution in [0, 0.1) is 17.8 Å². The third kappa shape index (κ3) is 4.07. The molecule has 1 fully saturated rings. The summed E-state index contributed by atoms with van der Waals surface area (Å²) in [7, 11) is 0.